The molecule has 2 saturated carbocycles. The first-order chi connectivity index (χ1) is 19.8. The molecule has 2 atom stereocenters. The van der Waals surface area contributed by atoms with Crippen LogP contribution in [0.4, 0.5) is 0 Å². The molecule has 0 saturated heterocycles. The fourth-order valence-corrected chi connectivity index (χ4v) is 13.5. The van der Waals surface area contributed by atoms with E-state index in [4.69, 9.17) is 0 Å². The summed E-state index contributed by atoms with van der Waals surface area (Å²) in [5.74, 6) is 0. The van der Waals surface area contributed by atoms with E-state index in [1.54, 1.807) is 5.30 Å². The molecule has 0 N–H and O–H groups in total. The highest BCUT2D eigenvalue weighted by Gasteiger charge is 2.40. The molecule has 42 heavy (non-hydrogen) atoms. The van der Waals surface area contributed by atoms with Crippen molar-refractivity contribution in [2.45, 2.75) is 158 Å². The maximum atomic E-state index is 14.2. The summed E-state index contributed by atoms with van der Waals surface area (Å²) >= 11 is 0. The van der Waals surface area contributed by atoms with Gasteiger partial charge in [-0.05, 0) is 109 Å². The number of fused-ring (bicyclic) bond motifs is 1. The number of nitrogens with zero attached hydrogens (tertiary/aromatic N) is 1. The Kier molecular flexibility index (Phi) is 9.84. The Morgan fingerprint density at radius 2 is 1.31 bits per heavy atom. The predicted molar refractivity (Wildman–Crippen MR) is 186 cm³/mol. The van der Waals surface area contributed by atoms with E-state index >= 15 is 0 Å². The van der Waals surface area contributed by atoms with Crippen LogP contribution < -0.4 is 5.30 Å². The van der Waals surface area contributed by atoms with Crippen molar-refractivity contribution in [3.63, 3.8) is 0 Å². The van der Waals surface area contributed by atoms with Gasteiger partial charge in [-0.1, -0.05) is 117 Å². The van der Waals surface area contributed by atoms with Crippen molar-refractivity contribution >= 4 is 24.2 Å². The minimum Gasteiger partial charge on any atom is -0.242 e. The first kappa shape index (κ1) is 32.4. The number of rotatable bonds is 7. The Balaban J connectivity index is 1.69. The van der Waals surface area contributed by atoms with Gasteiger partial charge in [0.05, 0.1) is 10.8 Å². The highest BCUT2D eigenvalue weighted by molar-refractivity contribution is 7.84. The van der Waals surface area contributed by atoms with Crippen LogP contribution in [-0.4, -0.2) is 31.6 Å². The van der Waals surface area contributed by atoms with Crippen molar-refractivity contribution in [3.05, 3.63) is 64.7 Å². The minimum absolute atomic E-state index is 0.0235. The molecule has 3 aliphatic rings. The van der Waals surface area contributed by atoms with Crippen LogP contribution in [0.25, 0.3) is 0 Å². The van der Waals surface area contributed by atoms with Gasteiger partial charge in [0.15, 0.2) is 0 Å². The molecule has 2 nitrogen and oxygen atoms in total. The zero-order valence-corrected chi connectivity index (χ0v) is 29.7. The van der Waals surface area contributed by atoms with Crippen LogP contribution in [0.5, 0.6) is 0 Å². The van der Waals surface area contributed by atoms with Gasteiger partial charge in [0.2, 0.25) is 0 Å². The third-order valence-electron chi connectivity index (χ3n) is 10.8. The monoisotopic (exact) mass is 607 g/mol. The first-order valence-corrected chi connectivity index (χ1v) is 19.6. The van der Waals surface area contributed by atoms with Crippen LogP contribution in [0.3, 0.4) is 0 Å². The molecule has 0 aromatic heterocycles. The van der Waals surface area contributed by atoms with Gasteiger partial charge in [0.25, 0.3) is 0 Å². The van der Waals surface area contributed by atoms with Gasteiger partial charge in [-0.15, -0.1) is 0 Å². The van der Waals surface area contributed by atoms with Gasteiger partial charge in [-0.25, -0.2) is 8.51 Å². The van der Waals surface area contributed by atoms with Crippen LogP contribution in [0.15, 0.2) is 42.5 Å². The molecule has 0 amide bonds. The average Bonchev–Trinajstić information content (AvgIpc) is 2.97. The third kappa shape index (κ3) is 6.65. The zero-order chi connectivity index (χ0) is 30.3. The molecular weight excluding hydrogens is 549 g/mol. The molecule has 1 unspecified atom stereocenters. The van der Waals surface area contributed by atoms with E-state index in [1.807, 2.05) is 0 Å². The Bertz CT molecular complexity index is 1230. The molecule has 3 aliphatic carbocycles. The second-order valence-electron chi connectivity index (χ2n) is 15.9. The lowest BCUT2D eigenvalue weighted by Gasteiger charge is -2.43. The van der Waals surface area contributed by atoms with E-state index in [0.29, 0.717) is 0 Å². The van der Waals surface area contributed by atoms with Crippen LogP contribution in [0, 0.1) is 0 Å². The summed E-state index contributed by atoms with van der Waals surface area (Å²) in [5.41, 5.74) is 7.73. The normalized spacial score (nSPS) is 23.1. The van der Waals surface area contributed by atoms with E-state index in [0.717, 1.165) is 11.3 Å². The van der Waals surface area contributed by atoms with Crippen LogP contribution in [0.1, 0.15) is 154 Å². The molecule has 0 heterocycles. The van der Waals surface area contributed by atoms with Crippen molar-refractivity contribution < 1.29 is 4.21 Å². The summed E-state index contributed by atoms with van der Waals surface area (Å²) in [6, 6.07) is 16.8. The smallest absolute Gasteiger partial charge is 0.100 e. The third-order valence-corrected chi connectivity index (χ3v) is 16.1. The number of hydrogen-bond donors (Lipinski definition) is 0. The van der Waals surface area contributed by atoms with Gasteiger partial charge in [0, 0.05) is 7.05 Å². The van der Waals surface area contributed by atoms with E-state index in [1.165, 1.54) is 99.3 Å². The van der Waals surface area contributed by atoms with Crippen LogP contribution in [-0.2, 0) is 21.8 Å². The summed E-state index contributed by atoms with van der Waals surface area (Å²) < 4.78 is 16.1. The van der Waals surface area contributed by atoms with E-state index < -0.39 is 11.0 Å². The average molecular weight is 608 g/mol. The number of hydrogen-bond acceptors (Lipinski definition) is 1. The maximum absolute atomic E-state index is 14.2. The lowest BCUT2D eigenvalue weighted by Crippen LogP contribution is -2.40. The lowest BCUT2D eigenvalue weighted by atomic mass is 9.63. The maximum Gasteiger partial charge on any atom is 0.100 e. The van der Waals surface area contributed by atoms with Crippen molar-refractivity contribution in [2.24, 2.45) is 0 Å². The van der Waals surface area contributed by atoms with Gasteiger partial charge in [-0.2, -0.15) is 0 Å². The largest absolute Gasteiger partial charge is 0.242 e. The molecule has 0 bridgehead atoms. The fraction of sp³-hybridized carbons (Fsp3) is 0.684. The second-order valence-corrected chi connectivity index (χ2v) is 21.0. The lowest BCUT2D eigenvalue weighted by molar-refractivity contribution is 0.330. The predicted octanol–water partition coefficient (Wildman–Crippen LogP) is 10.3. The van der Waals surface area contributed by atoms with Crippen molar-refractivity contribution in [3.8, 4) is 0 Å². The Labute approximate surface area is 262 Å². The highest BCUT2D eigenvalue weighted by atomic mass is 32.2. The molecule has 2 fully saturated rings. The van der Waals surface area contributed by atoms with E-state index in [2.05, 4.69) is 102 Å². The van der Waals surface area contributed by atoms with Crippen molar-refractivity contribution in [1.29, 1.82) is 0 Å². The summed E-state index contributed by atoms with van der Waals surface area (Å²) in [7, 11) is 0.709. The topological polar surface area (TPSA) is 20.3 Å². The van der Waals surface area contributed by atoms with E-state index in [-0.39, 0.29) is 29.5 Å². The molecule has 0 aliphatic heterocycles. The standard InChI is InChI=1S/C38H58NOPS/c1-36(2,3)42(40)39(8)35(28-23-24-32-33(27-28)38(6,7)26-25-37(32,4)5)31-21-15-16-22-34(31)41(29-17-11-9-12-18-29)30-19-13-10-14-20-30/h15-16,21-24,27,29-30,35H,9-14,17-20,25-26H2,1-8H3/t35-,42?/m1/s1. The van der Waals surface area contributed by atoms with E-state index in [9.17, 15) is 4.21 Å². The van der Waals surface area contributed by atoms with Crippen molar-refractivity contribution in [1.82, 2.24) is 4.31 Å². The van der Waals surface area contributed by atoms with Gasteiger partial charge >= 0.3 is 0 Å². The number of benzene rings is 2. The summed E-state index contributed by atoms with van der Waals surface area (Å²) in [6.07, 6.45) is 16.4. The molecule has 0 radical (unpaired) electrons. The van der Waals surface area contributed by atoms with Crippen molar-refractivity contribution in [2.75, 3.05) is 7.05 Å². The van der Waals surface area contributed by atoms with Gasteiger partial charge in [-0.3, -0.25) is 0 Å². The Hall–Kier alpha value is -1.02. The van der Waals surface area contributed by atoms with Crippen LogP contribution >= 0.6 is 7.92 Å². The Morgan fingerprint density at radius 1 is 0.786 bits per heavy atom. The molecule has 2 aromatic carbocycles. The van der Waals surface area contributed by atoms with Gasteiger partial charge in [0.1, 0.15) is 11.0 Å². The summed E-state index contributed by atoms with van der Waals surface area (Å²) in [4.78, 5) is 0. The SMILES string of the molecule is CN([C@H](c1ccc2c(c1)C(C)(C)CCC2(C)C)c1ccccc1P(C1CCCCC1)C1CCCCC1)S(=O)C(C)(C)C. The molecule has 232 valence electrons. The quantitative estimate of drug-likeness (QED) is 0.287. The highest BCUT2D eigenvalue weighted by Crippen LogP contribution is 2.56. The zero-order valence-electron chi connectivity index (χ0n) is 28.0. The Morgan fingerprint density at radius 3 is 1.86 bits per heavy atom. The molecule has 2 aromatic rings. The van der Waals surface area contributed by atoms with Crippen LogP contribution in [0.2, 0.25) is 0 Å². The molecule has 4 heteroatoms. The van der Waals surface area contributed by atoms with Gasteiger partial charge < -0.3 is 0 Å². The summed E-state index contributed by atoms with van der Waals surface area (Å²) in [5, 5.41) is 1.62. The fourth-order valence-electron chi connectivity index (χ4n) is 8.25. The first-order valence-electron chi connectivity index (χ1n) is 17.0. The molecular formula is C38H58NOPS. The second kappa shape index (κ2) is 12.8. The summed E-state index contributed by atoms with van der Waals surface area (Å²) in [6.45, 7) is 16.0. The minimum atomic E-state index is -1.14. The molecule has 0 spiro atoms. The molecule has 5 rings (SSSR count).